The first-order valence-corrected chi connectivity index (χ1v) is 13.0. The van der Waals surface area contributed by atoms with Crippen molar-refractivity contribution in [1.82, 2.24) is 0 Å². The van der Waals surface area contributed by atoms with Gasteiger partial charge in [-0.3, -0.25) is 4.79 Å². The number of anilines is 1. The van der Waals surface area contributed by atoms with Crippen molar-refractivity contribution in [2.45, 2.75) is 26.9 Å². The molecule has 0 radical (unpaired) electrons. The number of Topliss-reactive ketones (excluding diaryl/α,β-unsaturated/α-hetero) is 1. The smallest absolute Gasteiger partial charge is 0.379 e. The molecule has 0 heterocycles. The van der Waals surface area contributed by atoms with Crippen LogP contribution in [-0.4, -0.2) is 30.9 Å². The number of benzene rings is 4. The largest absolute Gasteiger partial charge is 0.462 e. The number of ketones is 1. The Hall–Kier alpha value is -4.71. The first-order chi connectivity index (χ1) is 19.0. The molecule has 0 bridgehead atoms. The van der Waals surface area contributed by atoms with Gasteiger partial charge < -0.3 is 14.4 Å². The Morgan fingerprint density at radius 2 is 1.21 bits per heavy atom. The van der Waals surface area contributed by atoms with Crippen LogP contribution < -0.4 is 4.90 Å². The van der Waals surface area contributed by atoms with Crippen molar-refractivity contribution in [2.24, 2.45) is 0 Å². The molecule has 0 spiro atoms. The van der Waals surface area contributed by atoms with E-state index in [9.17, 15) is 14.4 Å². The predicted molar refractivity (Wildman–Crippen MR) is 152 cm³/mol. The summed E-state index contributed by atoms with van der Waals surface area (Å²) in [5.74, 6) is -1.89. The molecule has 0 atom stereocenters. The monoisotopic (exact) mass is 521 g/mol. The van der Waals surface area contributed by atoms with Crippen molar-refractivity contribution in [3.8, 4) is 11.1 Å². The first-order valence-electron chi connectivity index (χ1n) is 13.0. The number of ether oxygens (including phenoxy) is 2. The van der Waals surface area contributed by atoms with Gasteiger partial charge >= 0.3 is 11.9 Å². The van der Waals surface area contributed by atoms with E-state index in [1.165, 1.54) is 0 Å². The van der Waals surface area contributed by atoms with E-state index in [0.29, 0.717) is 25.3 Å². The highest BCUT2D eigenvalue weighted by Crippen LogP contribution is 2.25. The minimum absolute atomic E-state index is 0.148. The highest BCUT2D eigenvalue weighted by molar-refractivity contribution is 6.40. The van der Waals surface area contributed by atoms with Crippen LogP contribution in [0.5, 0.6) is 0 Å². The van der Waals surface area contributed by atoms with Crippen LogP contribution in [0.15, 0.2) is 103 Å². The molecule has 0 unspecified atom stereocenters. The maximum atomic E-state index is 12.4. The van der Waals surface area contributed by atoms with E-state index in [-0.39, 0.29) is 18.1 Å². The predicted octanol–water partition coefficient (Wildman–Crippen LogP) is 6.48. The van der Waals surface area contributed by atoms with Crippen molar-refractivity contribution in [3.63, 3.8) is 0 Å². The standard InChI is InChI=1S/C33H31NO5/c1-3-38-32(36)29-11-8-12-30(21-29)34(22-24-13-17-27(18-14-24)26-9-6-5-7-10-26)23-25-15-19-28(20-16-25)31(35)33(37)39-4-2/h5-21H,3-4,22-23H2,1-2H3. The van der Waals surface area contributed by atoms with Crippen molar-refractivity contribution in [3.05, 3.63) is 125 Å². The lowest BCUT2D eigenvalue weighted by atomic mass is 10.0. The zero-order valence-corrected chi connectivity index (χ0v) is 22.1. The van der Waals surface area contributed by atoms with Gasteiger partial charge in [-0.25, -0.2) is 9.59 Å². The van der Waals surface area contributed by atoms with E-state index in [1.54, 1.807) is 32.0 Å². The lowest BCUT2D eigenvalue weighted by Gasteiger charge is -2.26. The quantitative estimate of drug-likeness (QED) is 0.128. The van der Waals surface area contributed by atoms with Crippen molar-refractivity contribution in [2.75, 3.05) is 18.1 Å². The van der Waals surface area contributed by atoms with Crippen LogP contribution in [0.3, 0.4) is 0 Å². The zero-order chi connectivity index (χ0) is 27.6. The van der Waals surface area contributed by atoms with Gasteiger partial charge in [0.15, 0.2) is 0 Å². The van der Waals surface area contributed by atoms with Gasteiger partial charge in [0.25, 0.3) is 5.78 Å². The molecule has 0 aliphatic rings. The molecule has 198 valence electrons. The number of carbonyl (C=O) groups is 3. The van der Waals surface area contributed by atoms with Gasteiger partial charge in [-0.2, -0.15) is 0 Å². The number of nitrogens with zero attached hydrogens (tertiary/aromatic N) is 1. The minimum Gasteiger partial charge on any atom is -0.462 e. The van der Waals surface area contributed by atoms with E-state index in [2.05, 4.69) is 41.3 Å². The van der Waals surface area contributed by atoms with E-state index < -0.39 is 11.8 Å². The Labute approximate surface area is 228 Å². The summed E-state index contributed by atoms with van der Waals surface area (Å²) in [5, 5.41) is 0. The number of hydrogen-bond donors (Lipinski definition) is 0. The topological polar surface area (TPSA) is 72.9 Å². The molecule has 0 saturated heterocycles. The van der Waals surface area contributed by atoms with Gasteiger partial charge in [-0.15, -0.1) is 0 Å². The Bertz CT molecular complexity index is 1410. The third-order valence-electron chi connectivity index (χ3n) is 6.21. The summed E-state index contributed by atoms with van der Waals surface area (Å²) in [7, 11) is 0. The third-order valence-corrected chi connectivity index (χ3v) is 6.21. The van der Waals surface area contributed by atoms with E-state index >= 15 is 0 Å². The molecule has 0 amide bonds. The van der Waals surface area contributed by atoms with Crippen LogP contribution in [0.2, 0.25) is 0 Å². The molecule has 39 heavy (non-hydrogen) atoms. The lowest BCUT2D eigenvalue weighted by molar-refractivity contribution is -0.137. The Kier molecular flexibility index (Phi) is 9.25. The van der Waals surface area contributed by atoms with Crippen LogP contribution in [-0.2, 0) is 27.4 Å². The number of hydrogen-bond acceptors (Lipinski definition) is 6. The van der Waals surface area contributed by atoms with Crippen LogP contribution in [0.1, 0.15) is 45.7 Å². The van der Waals surface area contributed by atoms with Crippen LogP contribution >= 0.6 is 0 Å². The summed E-state index contributed by atoms with van der Waals surface area (Å²) >= 11 is 0. The first kappa shape index (κ1) is 27.3. The molecular formula is C33H31NO5. The molecule has 6 nitrogen and oxygen atoms in total. The highest BCUT2D eigenvalue weighted by Gasteiger charge is 2.18. The minimum atomic E-state index is -0.860. The summed E-state index contributed by atoms with van der Waals surface area (Å²) in [4.78, 5) is 38.7. The van der Waals surface area contributed by atoms with Crippen molar-refractivity contribution >= 4 is 23.4 Å². The number of carbonyl (C=O) groups excluding carboxylic acids is 3. The molecule has 0 fully saturated rings. The fraction of sp³-hybridized carbons (Fsp3) is 0.182. The summed E-state index contributed by atoms with van der Waals surface area (Å²) in [6.45, 7) is 5.00. The van der Waals surface area contributed by atoms with Gasteiger partial charge in [-0.1, -0.05) is 84.9 Å². The molecular weight excluding hydrogens is 490 g/mol. The van der Waals surface area contributed by atoms with Crippen LogP contribution in [0, 0.1) is 0 Å². The molecule has 0 aliphatic heterocycles. The van der Waals surface area contributed by atoms with Gasteiger partial charge in [0, 0.05) is 24.3 Å². The van der Waals surface area contributed by atoms with Gasteiger partial charge in [0.05, 0.1) is 18.8 Å². The molecule has 0 aromatic heterocycles. The summed E-state index contributed by atoms with van der Waals surface area (Å²) in [6, 6.07) is 32.9. The lowest BCUT2D eigenvalue weighted by Crippen LogP contribution is -2.23. The van der Waals surface area contributed by atoms with Crippen molar-refractivity contribution in [1.29, 1.82) is 0 Å². The van der Waals surface area contributed by atoms with Gasteiger partial charge in [-0.05, 0) is 54.3 Å². The SMILES string of the molecule is CCOC(=O)C(=O)c1ccc(CN(Cc2ccc(-c3ccccc3)cc2)c2cccc(C(=O)OCC)c2)cc1. The number of rotatable bonds is 11. The summed E-state index contributed by atoms with van der Waals surface area (Å²) in [5.41, 5.74) is 5.96. The van der Waals surface area contributed by atoms with Crippen LogP contribution in [0.4, 0.5) is 5.69 Å². The second-order valence-electron chi connectivity index (χ2n) is 8.94. The van der Waals surface area contributed by atoms with E-state index in [1.807, 2.05) is 48.5 Å². The average molecular weight is 522 g/mol. The zero-order valence-electron chi connectivity index (χ0n) is 22.1. The molecule has 6 heteroatoms. The Morgan fingerprint density at radius 3 is 1.82 bits per heavy atom. The van der Waals surface area contributed by atoms with E-state index in [0.717, 1.165) is 27.9 Å². The fourth-order valence-corrected chi connectivity index (χ4v) is 4.23. The van der Waals surface area contributed by atoms with Crippen molar-refractivity contribution < 1.29 is 23.9 Å². The Balaban J connectivity index is 1.59. The van der Waals surface area contributed by atoms with E-state index in [4.69, 9.17) is 9.47 Å². The van der Waals surface area contributed by atoms with Gasteiger partial charge in [0.2, 0.25) is 0 Å². The molecule has 0 saturated carbocycles. The Morgan fingerprint density at radius 1 is 0.615 bits per heavy atom. The summed E-state index contributed by atoms with van der Waals surface area (Å²) in [6.07, 6.45) is 0. The summed E-state index contributed by atoms with van der Waals surface area (Å²) < 4.78 is 10.0. The number of esters is 2. The second-order valence-corrected chi connectivity index (χ2v) is 8.94. The fourth-order valence-electron chi connectivity index (χ4n) is 4.23. The third kappa shape index (κ3) is 7.20. The highest BCUT2D eigenvalue weighted by atomic mass is 16.5. The molecule has 0 aliphatic carbocycles. The average Bonchev–Trinajstić information content (AvgIpc) is 2.98. The van der Waals surface area contributed by atoms with Crippen LogP contribution in [0.25, 0.3) is 11.1 Å². The molecule has 4 aromatic carbocycles. The normalized spacial score (nSPS) is 10.5. The van der Waals surface area contributed by atoms with Gasteiger partial charge in [0.1, 0.15) is 0 Å². The molecule has 0 N–H and O–H groups in total. The second kappa shape index (κ2) is 13.2. The molecule has 4 aromatic rings. The maximum absolute atomic E-state index is 12.4. The molecule has 4 rings (SSSR count). The maximum Gasteiger partial charge on any atom is 0.379 e.